The lowest BCUT2D eigenvalue weighted by Gasteiger charge is -2.47. The number of piperidine rings is 1. The van der Waals surface area contributed by atoms with Crippen molar-refractivity contribution in [3.8, 4) is 0 Å². The van der Waals surface area contributed by atoms with E-state index in [0.29, 0.717) is 12.8 Å². The van der Waals surface area contributed by atoms with Crippen molar-refractivity contribution in [1.82, 2.24) is 10.2 Å². The summed E-state index contributed by atoms with van der Waals surface area (Å²) in [6.45, 7) is 7.35. The third-order valence-electron chi connectivity index (χ3n) is 4.33. The van der Waals surface area contributed by atoms with Gasteiger partial charge in [-0.2, -0.15) is 0 Å². The molecule has 2 aliphatic rings. The average molecular weight is 272 g/mol. The molecule has 2 fully saturated rings. The molecule has 0 aromatic heterocycles. The SMILES string of the molecule is CN[C@@H]1C[C@H]2CC[C@@](C)([C@@H]1F)N2C(=O)OC(C)(C)C. The van der Waals surface area contributed by atoms with Gasteiger partial charge in [-0.25, -0.2) is 9.18 Å². The van der Waals surface area contributed by atoms with Crippen LogP contribution in [0.15, 0.2) is 0 Å². The Bertz CT molecular complexity index is 369. The second-order valence-corrected chi connectivity index (χ2v) is 6.93. The van der Waals surface area contributed by atoms with Crippen LogP contribution in [0.2, 0.25) is 0 Å². The van der Waals surface area contributed by atoms with Gasteiger partial charge in [0.1, 0.15) is 11.8 Å². The number of hydrogen-bond acceptors (Lipinski definition) is 3. The number of nitrogens with zero attached hydrogens (tertiary/aromatic N) is 1. The van der Waals surface area contributed by atoms with Gasteiger partial charge < -0.3 is 10.1 Å². The molecule has 0 saturated carbocycles. The summed E-state index contributed by atoms with van der Waals surface area (Å²) < 4.78 is 20.1. The highest BCUT2D eigenvalue weighted by Gasteiger charge is 2.58. The number of halogens is 1. The molecule has 2 aliphatic heterocycles. The normalized spacial score (nSPS) is 38.4. The minimum atomic E-state index is -1.05. The van der Waals surface area contributed by atoms with Gasteiger partial charge in [-0.05, 0) is 54.0 Å². The van der Waals surface area contributed by atoms with E-state index in [4.69, 9.17) is 4.74 Å². The first-order valence-electron chi connectivity index (χ1n) is 7.02. The Balaban J connectivity index is 2.21. The molecule has 2 bridgehead atoms. The van der Waals surface area contributed by atoms with Gasteiger partial charge >= 0.3 is 6.09 Å². The van der Waals surface area contributed by atoms with Crippen molar-refractivity contribution in [2.75, 3.05) is 7.05 Å². The van der Waals surface area contributed by atoms with Crippen LogP contribution in [0, 0.1) is 0 Å². The van der Waals surface area contributed by atoms with Crippen molar-refractivity contribution < 1.29 is 13.9 Å². The fraction of sp³-hybridized carbons (Fsp3) is 0.929. The lowest BCUT2D eigenvalue weighted by Crippen LogP contribution is -2.64. The molecule has 2 heterocycles. The van der Waals surface area contributed by atoms with Crippen LogP contribution in [0.1, 0.15) is 47.0 Å². The van der Waals surface area contributed by atoms with Gasteiger partial charge in [0.2, 0.25) is 0 Å². The Morgan fingerprint density at radius 1 is 1.47 bits per heavy atom. The molecule has 2 saturated heterocycles. The summed E-state index contributed by atoms with van der Waals surface area (Å²) in [7, 11) is 1.78. The first-order chi connectivity index (χ1) is 8.69. The number of nitrogens with one attached hydrogen (secondary N) is 1. The molecular formula is C14H25FN2O2. The van der Waals surface area contributed by atoms with Gasteiger partial charge in [0.25, 0.3) is 0 Å². The van der Waals surface area contributed by atoms with E-state index in [1.54, 1.807) is 11.9 Å². The number of rotatable bonds is 1. The highest BCUT2D eigenvalue weighted by atomic mass is 19.1. The summed E-state index contributed by atoms with van der Waals surface area (Å²) in [5, 5.41) is 3.03. The fourth-order valence-corrected chi connectivity index (χ4v) is 3.40. The second-order valence-electron chi connectivity index (χ2n) is 6.93. The molecule has 110 valence electrons. The Kier molecular flexibility index (Phi) is 3.54. The van der Waals surface area contributed by atoms with Crippen molar-refractivity contribution in [3.05, 3.63) is 0 Å². The highest BCUT2D eigenvalue weighted by molar-refractivity contribution is 5.70. The lowest BCUT2D eigenvalue weighted by molar-refractivity contribution is -0.0448. The molecule has 0 aromatic carbocycles. The molecule has 4 nitrogen and oxygen atoms in total. The minimum Gasteiger partial charge on any atom is -0.444 e. The predicted molar refractivity (Wildman–Crippen MR) is 71.9 cm³/mol. The number of fused-ring (bicyclic) bond motifs is 2. The summed E-state index contributed by atoms with van der Waals surface area (Å²) in [5.74, 6) is 0. The standard InChI is InChI=1S/C14H25FN2O2/c1-13(2,3)19-12(18)17-9-6-7-14(17,4)11(15)10(8-9)16-5/h9-11,16H,6-8H2,1-5H3/t9-,10-,11-,14+/m1/s1. The minimum absolute atomic E-state index is 0.0873. The van der Waals surface area contributed by atoms with E-state index < -0.39 is 17.3 Å². The summed E-state index contributed by atoms with van der Waals surface area (Å²) in [6, 6.07) is -0.0829. The van der Waals surface area contributed by atoms with Crippen LogP contribution < -0.4 is 5.32 Å². The van der Waals surface area contributed by atoms with Crippen molar-refractivity contribution in [2.45, 2.75) is 76.4 Å². The predicted octanol–water partition coefficient (Wildman–Crippen LogP) is 2.47. The van der Waals surface area contributed by atoms with E-state index in [-0.39, 0.29) is 18.2 Å². The number of hydrogen-bond donors (Lipinski definition) is 1. The number of carbonyl (C=O) groups excluding carboxylic acids is 1. The van der Waals surface area contributed by atoms with E-state index >= 15 is 0 Å². The van der Waals surface area contributed by atoms with Gasteiger partial charge in [0, 0.05) is 12.1 Å². The summed E-state index contributed by atoms with van der Waals surface area (Å²) in [5.41, 5.74) is -1.28. The van der Waals surface area contributed by atoms with Crippen molar-refractivity contribution >= 4 is 6.09 Å². The summed E-state index contributed by atoms with van der Waals surface area (Å²) >= 11 is 0. The van der Waals surface area contributed by atoms with Gasteiger partial charge in [0.05, 0.1) is 5.54 Å². The van der Waals surface area contributed by atoms with Crippen molar-refractivity contribution in [3.63, 3.8) is 0 Å². The van der Waals surface area contributed by atoms with E-state index in [0.717, 1.165) is 6.42 Å². The van der Waals surface area contributed by atoms with Gasteiger partial charge in [-0.15, -0.1) is 0 Å². The molecule has 0 aromatic rings. The van der Waals surface area contributed by atoms with E-state index in [1.807, 2.05) is 27.7 Å². The molecule has 0 radical (unpaired) electrons. The zero-order valence-electron chi connectivity index (χ0n) is 12.5. The number of carbonyl (C=O) groups is 1. The van der Waals surface area contributed by atoms with Crippen molar-refractivity contribution in [2.24, 2.45) is 0 Å². The first-order valence-corrected chi connectivity index (χ1v) is 7.02. The van der Waals surface area contributed by atoms with Crippen LogP contribution >= 0.6 is 0 Å². The third-order valence-corrected chi connectivity index (χ3v) is 4.33. The molecule has 0 spiro atoms. The molecule has 1 N–H and O–H groups in total. The third kappa shape index (κ3) is 2.45. The molecule has 4 atom stereocenters. The number of amides is 1. The number of alkyl halides is 1. The topological polar surface area (TPSA) is 41.6 Å². The number of ether oxygens (including phenoxy) is 1. The second kappa shape index (κ2) is 4.62. The largest absolute Gasteiger partial charge is 0.444 e. The van der Waals surface area contributed by atoms with E-state index in [9.17, 15) is 9.18 Å². The van der Waals surface area contributed by atoms with Gasteiger partial charge in [-0.1, -0.05) is 0 Å². The average Bonchev–Trinajstić information content (AvgIpc) is 2.55. The van der Waals surface area contributed by atoms with Crippen molar-refractivity contribution in [1.29, 1.82) is 0 Å². The Morgan fingerprint density at radius 2 is 2.11 bits per heavy atom. The van der Waals surface area contributed by atoms with Crippen LogP contribution in [-0.2, 0) is 4.74 Å². The zero-order valence-corrected chi connectivity index (χ0v) is 12.5. The van der Waals surface area contributed by atoms with Crippen LogP contribution in [-0.4, -0.2) is 47.4 Å². The Hall–Kier alpha value is -0.840. The smallest absolute Gasteiger partial charge is 0.411 e. The van der Waals surface area contributed by atoms with Crippen LogP contribution in [0.5, 0.6) is 0 Å². The van der Waals surface area contributed by atoms with E-state index in [2.05, 4.69) is 5.32 Å². The molecule has 0 aliphatic carbocycles. The van der Waals surface area contributed by atoms with E-state index in [1.165, 1.54) is 0 Å². The maximum absolute atomic E-state index is 14.7. The molecule has 5 heteroatoms. The Labute approximate surface area is 114 Å². The maximum Gasteiger partial charge on any atom is 0.411 e. The lowest BCUT2D eigenvalue weighted by atomic mass is 9.85. The monoisotopic (exact) mass is 272 g/mol. The first kappa shape index (κ1) is 14.6. The molecule has 0 unspecified atom stereocenters. The molecule has 19 heavy (non-hydrogen) atoms. The Morgan fingerprint density at radius 3 is 2.63 bits per heavy atom. The van der Waals surface area contributed by atoms with Crippen LogP contribution in [0.25, 0.3) is 0 Å². The molecule has 1 amide bonds. The fourth-order valence-electron chi connectivity index (χ4n) is 3.40. The zero-order chi connectivity index (χ0) is 14.4. The molecular weight excluding hydrogens is 247 g/mol. The summed E-state index contributed by atoms with van der Waals surface area (Å²) in [4.78, 5) is 14.0. The maximum atomic E-state index is 14.7. The highest BCUT2D eigenvalue weighted by Crippen LogP contribution is 2.46. The summed E-state index contributed by atoms with van der Waals surface area (Å²) in [6.07, 6.45) is 0.787. The quantitative estimate of drug-likeness (QED) is 0.797. The molecule has 2 rings (SSSR count). The van der Waals surface area contributed by atoms with Crippen LogP contribution in [0.4, 0.5) is 9.18 Å². The van der Waals surface area contributed by atoms with Gasteiger partial charge in [0.15, 0.2) is 0 Å². The van der Waals surface area contributed by atoms with Crippen LogP contribution in [0.3, 0.4) is 0 Å². The van der Waals surface area contributed by atoms with Gasteiger partial charge in [-0.3, -0.25) is 4.90 Å².